The van der Waals surface area contributed by atoms with Crippen molar-refractivity contribution >= 4 is 23.7 Å². The predicted molar refractivity (Wildman–Crippen MR) is 104 cm³/mol. The van der Waals surface area contributed by atoms with Crippen LogP contribution in [0.15, 0.2) is 24.0 Å². The van der Waals surface area contributed by atoms with Gasteiger partial charge in [-0.2, -0.15) is 0 Å². The molecule has 0 amide bonds. The second-order valence-electron chi connectivity index (χ2n) is 8.83. The summed E-state index contributed by atoms with van der Waals surface area (Å²) in [5, 5.41) is 0. The molecule has 0 spiro atoms. The van der Waals surface area contributed by atoms with Crippen LogP contribution >= 0.6 is 0 Å². The van der Waals surface area contributed by atoms with Crippen LogP contribution in [0, 0.1) is 17.8 Å². The van der Waals surface area contributed by atoms with Crippen LogP contribution in [0.3, 0.4) is 0 Å². The van der Waals surface area contributed by atoms with E-state index in [0.717, 1.165) is 0 Å². The van der Waals surface area contributed by atoms with Gasteiger partial charge in [-0.3, -0.25) is 14.4 Å². The lowest BCUT2D eigenvalue weighted by molar-refractivity contribution is -0.195. The average molecular weight is 420 g/mol. The second-order valence-corrected chi connectivity index (χ2v) is 8.83. The van der Waals surface area contributed by atoms with E-state index in [4.69, 9.17) is 18.9 Å². The molecule has 0 aromatic heterocycles. The Labute approximate surface area is 175 Å². The highest BCUT2D eigenvalue weighted by atomic mass is 16.6. The quantitative estimate of drug-likeness (QED) is 0.387. The third kappa shape index (κ3) is 3.87. The summed E-state index contributed by atoms with van der Waals surface area (Å²) >= 11 is 0. The van der Waals surface area contributed by atoms with E-state index in [0.29, 0.717) is 12.2 Å². The van der Waals surface area contributed by atoms with Gasteiger partial charge in [0.2, 0.25) is 11.4 Å². The van der Waals surface area contributed by atoms with Crippen molar-refractivity contribution < 1.29 is 38.1 Å². The Morgan fingerprint density at radius 1 is 1.30 bits per heavy atom. The van der Waals surface area contributed by atoms with E-state index >= 15 is 0 Å². The van der Waals surface area contributed by atoms with Crippen LogP contribution in [0.5, 0.6) is 0 Å². The number of fused-ring (bicyclic) bond motifs is 3. The zero-order chi connectivity index (χ0) is 22.4. The standard InChI is InChI=1S/C22H28O8/c1-10(2)7-17(25)29-19-18-12(4)21(26)28-15(18)8-11(3)14-9-16(24)22(6,30-14)20(19)27-13(5)23/h9-11,15,18-20H,4,7-8H2,1-3,5-6H3/t11-,15-,18+,19+,20-,22-/m1/s1. The minimum atomic E-state index is -1.60. The molecule has 0 aliphatic carbocycles. The fourth-order valence-electron chi connectivity index (χ4n) is 4.28. The van der Waals surface area contributed by atoms with Crippen molar-refractivity contribution in [1.29, 1.82) is 0 Å². The molecule has 8 heteroatoms. The predicted octanol–water partition coefficient (Wildman–Crippen LogP) is 2.26. The second kappa shape index (κ2) is 7.89. The van der Waals surface area contributed by atoms with Gasteiger partial charge >= 0.3 is 17.9 Å². The SMILES string of the molecule is C=C1C(=O)O[C@@H]2C[C@@H](C)C3=CC(=O)[C@@](C)(O3)[C@H](OC(C)=O)[C@@H](OC(=O)CC(C)C)[C@@H]12. The van der Waals surface area contributed by atoms with Gasteiger partial charge in [-0.1, -0.05) is 27.4 Å². The summed E-state index contributed by atoms with van der Waals surface area (Å²) in [5.74, 6) is -2.77. The summed E-state index contributed by atoms with van der Waals surface area (Å²) < 4.78 is 22.8. The average Bonchev–Trinajstić information content (AvgIpc) is 3.07. The summed E-state index contributed by atoms with van der Waals surface area (Å²) in [4.78, 5) is 49.8. The largest absolute Gasteiger partial charge is 0.479 e. The fourth-order valence-corrected chi connectivity index (χ4v) is 4.28. The van der Waals surface area contributed by atoms with Crippen LogP contribution in [0.2, 0.25) is 0 Å². The van der Waals surface area contributed by atoms with E-state index in [1.54, 1.807) is 0 Å². The molecule has 3 rings (SSSR count). The number of esters is 3. The maximum atomic E-state index is 12.9. The summed E-state index contributed by atoms with van der Waals surface area (Å²) in [5.41, 5.74) is -1.48. The van der Waals surface area contributed by atoms with Crippen LogP contribution in [0.1, 0.15) is 47.5 Å². The molecule has 0 saturated carbocycles. The molecular formula is C22H28O8. The van der Waals surface area contributed by atoms with Crippen LogP contribution < -0.4 is 0 Å². The van der Waals surface area contributed by atoms with Gasteiger partial charge < -0.3 is 18.9 Å². The molecule has 0 aromatic carbocycles. The lowest BCUT2D eigenvalue weighted by Crippen LogP contribution is -2.57. The van der Waals surface area contributed by atoms with Gasteiger partial charge in [0.1, 0.15) is 11.9 Å². The summed E-state index contributed by atoms with van der Waals surface area (Å²) in [7, 11) is 0. The zero-order valence-electron chi connectivity index (χ0n) is 17.9. The molecule has 0 radical (unpaired) electrons. The molecule has 2 fully saturated rings. The molecule has 3 heterocycles. The van der Waals surface area contributed by atoms with Crippen molar-refractivity contribution in [2.75, 3.05) is 0 Å². The highest BCUT2D eigenvalue weighted by molar-refractivity contribution is 6.00. The molecular weight excluding hydrogens is 392 g/mol. The molecule has 0 N–H and O–H groups in total. The van der Waals surface area contributed by atoms with E-state index in [2.05, 4.69) is 6.58 Å². The number of carbonyl (C=O) groups is 4. The van der Waals surface area contributed by atoms with Crippen molar-refractivity contribution in [2.24, 2.45) is 17.8 Å². The van der Waals surface area contributed by atoms with E-state index < -0.39 is 53.5 Å². The van der Waals surface area contributed by atoms with Gasteiger partial charge in [0.15, 0.2) is 12.2 Å². The molecule has 3 aliphatic heterocycles. The Morgan fingerprint density at radius 2 is 1.97 bits per heavy atom. The van der Waals surface area contributed by atoms with Gasteiger partial charge in [0.25, 0.3) is 0 Å². The van der Waals surface area contributed by atoms with Gasteiger partial charge in [-0.05, 0) is 19.3 Å². The molecule has 8 nitrogen and oxygen atoms in total. The van der Waals surface area contributed by atoms with E-state index in [1.807, 2.05) is 20.8 Å². The maximum Gasteiger partial charge on any atom is 0.334 e. The number of hydrogen-bond acceptors (Lipinski definition) is 8. The minimum absolute atomic E-state index is 0.0229. The Hall–Kier alpha value is -2.64. The van der Waals surface area contributed by atoms with Crippen molar-refractivity contribution in [3.8, 4) is 0 Å². The Kier molecular flexibility index (Phi) is 5.80. The van der Waals surface area contributed by atoms with Crippen molar-refractivity contribution in [3.05, 3.63) is 24.0 Å². The fraction of sp³-hybridized carbons (Fsp3) is 0.636. The van der Waals surface area contributed by atoms with Gasteiger partial charge in [-0.25, -0.2) is 4.79 Å². The van der Waals surface area contributed by atoms with Gasteiger partial charge in [0, 0.05) is 30.9 Å². The van der Waals surface area contributed by atoms with Crippen molar-refractivity contribution in [1.82, 2.24) is 0 Å². The lowest BCUT2D eigenvalue weighted by atomic mass is 9.78. The molecule has 30 heavy (non-hydrogen) atoms. The highest BCUT2D eigenvalue weighted by Crippen LogP contribution is 2.45. The summed E-state index contributed by atoms with van der Waals surface area (Å²) in [6.45, 7) is 12.1. The van der Waals surface area contributed by atoms with Gasteiger partial charge in [0.05, 0.1) is 5.92 Å². The van der Waals surface area contributed by atoms with Crippen LogP contribution in [-0.4, -0.2) is 47.6 Å². The van der Waals surface area contributed by atoms with Gasteiger partial charge in [-0.15, -0.1) is 0 Å². The number of rotatable bonds is 4. The van der Waals surface area contributed by atoms with Crippen molar-refractivity contribution in [3.63, 3.8) is 0 Å². The Morgan fingerprint density at radius 3 is 2.57 bits per heavy atom. The maximum absolute atomic E-state index is 12.9. The molecule has 2 saturated heterocycles. The first-order chi connectivity index (χ1) is 13.9. The number of hydrogen-bond donors (Lipinski definition) is 0. The summed E-state index contributed by atoms with van der Waals surface area (Å²) in [6, 6.07) is 0. The van der Waals surface area contributed by atoms with E-state index in [9.17, 15) is 19.2 Å². The van der Waals surface area contributed by atoms with E-state index in [-0.39, 0.29) is 23.8 Å². The highest BCUT2D eigenvalue weighted by Gasteiger charge is 2.60. The molecule has 0 unspecified atom stereocenters. The van der Waals surface area contributed by atoms with Crippen LogP contribution in [0.4, 0.5) is 0 Å². The number of carbonyl (C=O) groups excluding carboxylic acids is 4. The lowest BCUT2D eigenvalue weighted by Gasteiger charge is -2.38. The topological polar surface area (TPSA) is 105 Å². The van der Waals surface area contributed by atoms with Crippen LogP contribution in [0.25, 0.3) is 0 Å². The molecule has 2 bridgehead atoms. The normalized spacial score (nSPS) is 35.5. The van der Waals surface area contributed by atoms with Crippen molar-refractivity contribution in [2.45, 2.75) is 71.4 Å². The molecule has 6 atom stereocenters. The van der Waals surface area contributed by atoms with Crippen LogP contribution in [-0.2, 0) is 38.1 Å². The third-order valence-electron chi connectivity index (χ3n) is 5.82. The number of ether oxygens (including phenoxy) is 4. The summed E-state index contributed by atoms with van der Waals surface area (Å²) in [6.07, 6.45) is -1.27. The number of ketones is 1. The number of allylic oxidation sites excluding steroid dienone is 1. The monoisotopic (exact) mass is 420 g/mol. The van der Waals surface area contributed by atoms with E-state index in [1.165, 1.54) is 19.9 Å². The molecule has 3 aliphatic rings. The molecule has 164 valence electrons. The molecule has 0 aromatic rings. The smallest absolute Gasteiger partial charge is 0.334 e. The Bertz CT molecular complexity index is 825. The minimum Gasteiger partial charge on any atom is -0.479 e. The first kappa shape index (κ1) is 22.1. The Balaban J connectivity index is 2.12. The first-order valence-electron chi connectivity index (χ1n) is 10.2. The zero-order valence-corrected chi connectivity index (χ0v) is 17.9. The first-order valence-corrected chi connectivity index (χ1v) is 10.2. The third-order valence-corrected chi connectivity index (χ3v) is 5.82.